The molecule has 1 aromatic heterocycles. The number of rotatable bonds is 1. The summed E-state index contributed by atoms with van der Waals surface area (Å²) in [5, 5.41) is 0.675. The maximum atomic E-state index is 6.00. The molecule has 1 aliphatic carbocycles. The lowest BCUT2D eigenvalue weighted by molar-refractivity contribution is 0.877. The van der Waals surface area contributed by atoms with E-state index in [2.05, 4.69) is 9.97 Å². The fourth-order valence-electron chi connectivity index (χ4n) is 1.59. The van der Waals surface area contributed by atoms with Crippen molar-refractivity contribution in [1.29, 1.82) is 0 Å². The maximum absolute atomic E-state index is 6.00. The third-order valence-corrected chi connectivity index (χ3v) is 2.56. The Hall–Kier alpha value is -0.630. The van der Waals surface area contributed by atoms with Crippen LogP contribution in [0.25, 0.3) is 0 Å². The fraction of sp³-hybridized carbons (Fsp3) is 0.556. The van der Waals surface area contributed by atoms with Gasteiger partial charge in [-0.05, 0) is 19.3 Å². The lowest BCUT2D eigenvalue weighted by atomic mass is 10.2. The van der Waals surface area contributed by atoms with Gasteiger partial charge in [-0.15, -0.1) is 0 Å². The number of halogens is 1. The highest BCUT2D eigenvalue weighted by Crippen LogP contribution is 2.25. The van der Waals surface area contributed by atoms with Crippen molar-refractivity contribution in [3.8, 4) is 0 Å². The van der Waals surface area contributed by atoms with Gasteiger partial charge in [0.25, 0.3) is 0 Å². The summed E-state index contributed by atoms with van der Waals surface area (Å²) < 4.78 is 0. The third kappa shape index (κ3) is 1.20. The van der Waals surface area contributed by atoms with Gasteiger partial charge in [-0.25, -0.2) is 9.97 Å². The van der Waals surface area contributed by atoms with Crippen molar-refractivity contribution in [2.45, 2.75) is 32.6 Å². The van der Waals surface area contributed by atoms with Gasteiger partial charge in [0.15, 0.2) is 0 Å². The van der Waals surface area contributed by atoms with E-state index in [0.29, 0.717) is 5.15 Å². The molecular weight excluding hydrogens is 172 g/mol. The van der Waals surface area contributed by atoms with E-state index in [1.807, 2.05) is 6.92 Å². The van der Waals surface area contributed by atoms with Gasteiger partial charge in [0.2, 0.25) is 0 Å². The Morgan fingerprint density at radius 2 is 2.17 bits per heavy atom. The molecule has 0 radical (unpaired) electrons. The highest BCUT2D eigenvalue weighted by Gasteiger charge is 2.17. The van der Waals surface area contributed by atoms with Gasteiger partial charge in [0, 0.05) is 17.7 Å². The van der Waals surface area contributed by atoms with E-state index in [4.69, 9.17) is 11.6 Å². The molecule has 0 saturated carbocycles. The molecule has 0 unspecified atom stereocenters. The molecule has 0 amide bonds. The van der Waals surface area contributed by atoms with Crippen molar-refractivity contribution in [3.05, 3.63) is 22.2 Å². The van der Waals surface area contributed by atoms with Crippen LogP contribution < -0.4 is 0 Å². The molecule has 2 nitrogen and oxygen atoms in total. The van der Waals surface area contributed by atoms with E-state index in [0.717, 1.165) is 25.1 Å². The predicted octanol–water partition coefficient (Wildman–Crippen LogP) is 2.18. The number of aromatic nitrogens is 2. The molecule has 0 atom stereocenters. The zero-order valence-corrected chi connectivity index (χ0v) is 7.86. The van der Waals surface area contributed by atoms with Gasteiger partial charge < -0.3 is 0 Å². The van der Waals surface area contributed by atoms with E-state index in [1.54, 1.807) is 0 Å². The molecule has 3 heteroatoms. The summed E-state index contributed by atoms with van der Waals surface area (Å²) in [6.07, 6.45) is 4.17. The van der Waals surface area contributed by atoms with Gasteiger partial charge in [0.05, 0.1) is 0 Å². The first-order valence-corrected chi connectivity index (χ1v) is 4.73. The molecule has 0 aliphatic heterocycles. The average molecular weight is 183 g/mol. The van der Waals surface area contributed by atoms with Gasteiger partial charge in [0.1, 0.15) is 11.0 Å². The Morgan fingerprint density at radius 1 is 1.33 bits per heavy atom. The lowest BCUT2D eigenvalue weighted by Crippen LogP contribution is -1.99. The van der Waals surface area contributed by atoms with Crippen LogP contribution in [0, 0.1) is 0 Å². The average Bonchev–Trinajstić information content (AvgIpc) is 2.52. The first kappa shape index (κ1) is 7.99. The molecule has 0 N–H and O–H groups in total. The lowest BCUT2D eigenvalue weighted by Gasteiger charge is -2.02. The fourth-order valence-corrected chi connectivity index (χ4v) is 1.89. The molecular formula is C9H11ClN2. The highest BCUT2D eigenvalue weighted by atomic mass is 35.5. The van der Waals surface area contributed by atoms with E-state index in [1.165, 1.54) is 17.7 Å². The number of nitrogens with zero attached hydrogens (tertiary/aromatic N) is 2. The smallest absolute Gasteiger partial charge is 0.136 e. The molecule has 2 rings (SSSR count). The zero-order chi connectivity index (χ0) is 8.55. The molecule has 1 aliphatic rings. The molecule has 64 valence electrons. The molecule has 0 saturated heterocycles. The molecule has 1 heterocycles. The summed E-state index contributed by atoms with van der Waals surface area (Å²) in [6.45, 7) is 2.05. The Bertz CT molecular complexity index is 310. The van der Waals surface area contributed by atoms with Crippen molar-refractivity contribution >= 4 is 11.6 Å². The first-order chi connectivity index (χ1) is 5.81. The second-order valence-corrected chi connectivity index (χ2v) is 3.42. The van der Waals surface area contributed by atoms with Crippen molar-refractivity contribution in [2.24, 2.45) is 0 Å². The van der Waals surface area contributed by atoms with Crippen LogP contribution in [0.4, 0.5) is 0 Å². The minimum absolute atomic E-state index is 0.675. The van der Waals surface area contributed by atoms with Crippen LogP contribution in [0.5, 0.6) is 0 Å². The third-order valence-electron chi connectivity index (χ3n) is 2.25. The molecule has 12 heavy (non-hydrogen) atoms. The number of aryl methyl sites for hydroxylation is 2. The van der Waals surface area contributed by atoms with Crippen molar-refractivity contribution in [1.82, 2.24) is 9.97 Å². The van der Waals surface area contributed by atoms with Crippen LogP contribution in [0.3, 0.4) is 0 Å². The minimum atomic E-state index is 0.675. The van der Waals surface area contributed by atoms with Crippen LogP contribution in [0.2, 0.25) is 5.15 Å². The largest absolute Gasteiger partial charge is 0.238 e. The molecule has 0 bridgehead atoms. The van der Waals surface area contributed by atoms with E-state index < -0.39 is 0 Å². The standard InChI is InChI=1S/C9H11ClN2/c1-2-8-11-7-5-3-4-6(7)9(10)12-8/h2-5H2,1H3. The maximum Gasteiger partial charge on any atom is 0.136 e. The van der Waals surface area contributed by atoms with Gasteiger partial charge in [-0.3, -0.25) is 0 Å². The Morgan fingerprint density at radius 3 is 2.92 bits per heavy atom. The Balaban J connectivity index is 2.51. The predicted molar refractivity (Wildman–Crippen MR) is 48.4 cm³/mol. The van der Waals surface area contributed by atoms with E-state index >= 15 is 0 Å². The van der Waals surface area contributed by atoms with Crippen molar-refractivity contribution < 1.29 is 0 Å². The molecule has 0 spiro atoms. The SMILES string of the molecule is CCc1nc(Cl)c2c(n1)CCC2. The molecule has 1 aromatic rings. The zero-order valence-electron chi connectivity index (χ0n) is 7.10. The van der Waals surface area contributed by atoms with Crippen LogP contribution in [-0.4, -0.2) is 9.97 Å². The van der Waals surface area contributed by atoms with Crippen LogP contribution in [0.15, 0.2) is 0 Å². The molecule has 0 fully saturated rings. The minimum Gasteiger partial charge on any atom is -0.238 e. The van der Waals surface area contributed by atoms with Crippen molar-refractivity contribution in [3.63, 3.8) is 0 Å². The van der Waals surface area contributed by atoms with Crippen LogP contribution in [-0.2, 0) is 19.3 Å². The van der Waals surface area contributed by atoms with Crippen LogP contribution in [0.1, 0.15) is 30.4 Å². The first-order valence-electron chi connectivity index (χ1n) is 4.35. The summed E-state index contributed by atoms with van der Waals surface area (Å²) in [5.74, 6) is 0.876. The van der Waals surface area contributed by atoms with Gasteiger partial charge in [-0.1, -0.05) is 18.5 Å². The van der Waals surface area contributed by atoms with Gasteiger partial charge >= 0.3 is 0 Å². The second kappa shape index (κ2) is 3.02. The van der Waals surface area contributed by atoms with E-state index in [-0.39, 0.29) is 0 Å². The number of hydrogen-bond acceptors (Lipinski definition) is 2. The number of fused-ring (bicyclic) bond motifs is 1. The summed E-state index contributed by atoms with van der Waals surface area (Å²) in [7, 11) is 0. The summed E-state index contributed by atoms with van der Waals surface area (Å²) in [5.41, 5.74) is 2.35. The summed E-state index contributed by atoms with van der Waals surface area (Å²) >= 11 is 6.00. The number of hydrogen-bond donors (Lipinski definition) is 0. The van der Waals surface area contributed by atoms with E-state index in [9.17, 15) is 0 Å². The summed E-state index contributed by atoms with van der Waals surface area (Å²) in [6, 6.07) is 0. The normalized spacial score (nSPS) is 14.8. The Labute approximate surface area is 77.0 Å². The topological polar surface area (TPSA) is 25.8 Å². The van der Waals surface area contributed by atoms with Gasteiger partial charge in [-0.2, -0.15) is 0 Å². The second-order valence-electron chi connectivity index (χ2n) is 3.06. The Kier molecular flexibility index (Phi) is 2.01. The summed E-state index contributed by atoms with van der Waals surface area (Å²) in [4.78, 5) is 8.65. The quantitative estimate of drug-likeness (QED) is 0.623. The highest BCUT2D eigenvalue weighted by molar-refractivity contribution is 6.30. The van der Waals surface area contributed by atoms with Crippen LogP contribution >= 0.6 is 11.6 Å². The van der Waals surface area contributed by atoms with Crippen molar-refractivity contribution in [2.75, 3.05) is 0 Å². The molecule has 0 aromatic carbocycles. The monoisotopic (exact) mass is 182 g/mol.